The first-order valence-corrected chi connectivity index (χ1v) is 9.13. The van der Waals surface area contributed by atoms with Crippen molar-refractivity contribution in [2.45, 2.75) is 44.9 Å². The molecule has 138 valence electrons. The molecule has 1 aliphatic rings. The molecule has 0 atom stereocenters. The van der Waals surface area contributed by atoms with E-state index in [4.69, 9.17) is 16.3 Å². The Kier molecular flexibility index (Phi) is 6.47. The molecule has 1 aromatic rings. The molecule has 0 unspecified atom stereocenters. The standard InChI is InChI=1S/C19H26ClNO4/c1-3-18(4-2,17(23)24)13-21-16(22)19(8-10-25-11-9-19)14-6-5-7-15(20)12-14/h5-7,12H,3-4,8-11,13H2,1-2H3,(H,21,22)(H,23,24). The molecule has 0 aromatic heterocycles. The maximum absolute atomic E-state index is 13.1. The first-order chi connectivity index (χ1) is 11.9. The molecule has 0 spiro atoms. The van der Waals surface area contributed by atoms with Gasteiger partial charge in [0.2, 0.25) is 5.91 Å². The Morgan fingerprint density at radius 2 is 1.92 bits per heavy atom. The van der Waals surface area contributed by atoms with Crippen LogP contribution in [0.15, 0.2) is 24.3 Å². The van der Waals surface area contributed by atoms with Crippen molar-refractivity contribution in [1.82, 2.24) is 5.32 Å². The molecule has 1 aromatic carbocycles. The predicted octanol–water partition coefficient (Wildman–Crippen LogP) is 3.40. The number of ether oxygens (including phenoxy) is 1. The summed E-state index contributed by atoms with van der Waals surface area (Å²) in [5.41, 5.74) is -0.805. The predicted molar refractivity (Wildman–Crippen MR) is 96.8 cm³/mol. The first kappa shape index (κ1) is 19.7. The van der Waals surface area contributed by atoms with Gasteiger partial charge in [-0.25, -0.2) is 0 Å². The molecule has 0 bridgehead atoms. The summed E-state index contributed by atoms with van der Waals surface area (Å²) in [5.74, 6) is -1.02. The van der Waals surface area contributed by atoms with E-state index in [1.165, 1.54) is 0 Å². The number of aliphatic carboxylic acids is 1. The Labute approximate surface area is 153 Å². The molecule has 1 aliphatic heterocycles. The van der Waals surface area contributed by atoms with Crippen molar-refractivity contribution in [3.63, 3.8) is 0 Å². The van der Waals surface area contributed by atoms with Gasteiger partial charge in [0.05, 0.1) is 10.8 Å². The molecule has 2 N–H and O–H groups in total. The second-order valence-electron chi connectivity index (χ2n) is 6.68. The van der Waals surface area contributed by atoms with Crippen molar-refractivity contribution in [2.75, 3.05) is 19.8 Å². The Morgan fingerprint density at radius 3 is 2.44 bits per heavy atom. The van der Waals surface area contributed by atoms with Crippen molar-refractivity contribution in [2.24, 2.45) is 5.41 Å². The van der Waals surface area contributed by atoms with Gasteiger partial charge < -0.3 is 15.2 Å². The summed E-state index contributed by atoms with van der Waals surface area (Å²) in [4.78, 5) is 24.8. The van der Waals surface area contributed by atoms with Gasteiger partial charge in [0.1, 0.15) is 0 Å². The number of amides is 1. The molecule has 1 heterocycles. The Morgan fingerprint density at radius 1 is 1.28 bits per heavy atom. The number of carbonyl (C=O) groups excluding carboxylic acids is 1. The normalized spacial score (nSPS) is 17.1. The number of carboxylic acid groups (broad SMARTS) is 1. The Bertz CT molecular complexity index is 622. The highest BCUT2D eigenvalue weighted by Crippen LogP contribution is 2.37. The minimum Gasteiger partial charge on any atom is -0.481 e. The fourth-order valence-corrected chi connectivity index (χ4v) is 3.64. The van der Waals surface area contributed by atoms with Crippen LogP contribution in [0, 0.1) is 5.41 Å². The van der Waals surface area contributed by atoms with Crippen molar-refractivity contribution in [1.29, 1.82) is 0 Å². The zero-order valence-electron chi connectivity index (χ0n) is 14.8. The molecule has 6 heteroatoms. The average Bonchev–Trinajstić information content (AvgIpc) is 2.63. The van der Waals surface area contributed by atoms with Gasteiger partial charge in [0.25, 0.3) is 0 Å². The lowest BCUT2D eigenvalue weighted by Gasteiger charge is -2.37. The Balaban J connectivity index is 2.26. The van der Waals surface area contributed by atoms with E-state index in [2.05, 4.69) is 5.32 Å². The van der Waals surface area contributed by atoms with Gasteiger partial charge in [0.15, 0.2) is 0 Å². The van der Waals surface area contributed by atoms with E-state index in [9.17, 15) is 14.7 Å². The van der Waals surface area contributed by atoms with Gasteiger partial charge in [-0.1, -0.05) is 37.6 Å². The van der Waals surface area contributed by atoms with E-state index in [1.807, 2.05) is 32.0 Å². The maximum atomic E-state index is 13.1. The van der Waals surface area contributed by atoms with Gasteiger partial charge in [-0.3, -0.25) is 9.59 Å². The number of benzene rings is 1. The van der Waals surface area contributed by atoms with Gasteiger partial charge in [-0.15, -0.1) is 0 Å². The van der Waals surface area contributed by atoms with Crippen LogP contribution < -0.4 is 5.32 Å². The van der Waals surface area contributed by atoms with Crippen LogP contribution in [0.25, 0.3) is 0 Å². The minimum absolute atomic E-state index is 0.122. The van der Waals surface area contributed by atoms with Crippen LogP contribution in [0.4, 0.5) is 0 Å². The molecule has 1 fully saturated rings. The van der Waals surface area contributed by atoms with Crippen LogP contribution in [0.1, 0.15) is 45.1 Å². The lowest BCUT2D eigenvalue weighted by Crippen LogP contribution is -2.51. The smallest absolute Gasteiger partial charge is 0.311 e. The van der Waals surface area contributed by atoms with E-state index in [-0.39, 0.29) is 12.5 Å². The highest BCUT2D eigenvalue weighted by Gasteiger charge is 2.43. The number of halogens is 1. The minimum atomic E-state index is -0.934. The second-order valence-corrected chi connectivity index (χ2v) is 7.12. The highest BCUT2D eigenvalue weighted by atomic mass is 35.5. The molecule has 1 saturated heterocycles. The lowest BCUT2D eigenvalue weighted by atomic mass is 9.73. The van der Waals surface area contributed by atoms with E-state index >= 15 is 0 Å². The third-order valence-electron chi connectivity index (χ3n) is 5.55. The van der Waals surface area contributed by atoms with Crippen molar-refractivity contribution < 1.29 is 19.4 Å². The molecule has 5 nitrogen and oxygen atoms in total. The fraction of sp³-hybridized carbons (Fsp3) is 0.579. The zero-order valence-corrected chi connectivity index (χ0v) is 15.6. The number of rotatable bonds is 7. The SMILES string of the molecule is CCC(CC)(CNC(=O)C1(c2cccc(Cl)c2)CCOCC1)C(=O)O. The number of nitrogens with one attached hydrogen (secondary N) is 1. The van der Waals surface area contributed by atoms with Crippen molar-refractivity contribution >= 4 is 23.5 Å². The molecular weight excluding hydrogens is 342 g/mol. The largest absolute Gasteiger partial charge is 0.481 e. The van der Waals surface area contributed by atoms with Gasteiger partial charge in [-0.05, 0) is 43.4 Å². The fourth-order valence-electron chi connectivity index (χ4n) is 3.45. The van der Waals surface area contributed by atoms with Gasteiger partial charge >= 0.3 is 5.97 Å². The molecule has 0 saturated carbocycles. The third-order valence-corrected chi connectivity index (χ3v) is 5.79. The average molecular weight is 368 g/mol. The lowest BCUT2D eigenvalue weighted by molar-refractivity contribution is -0.149. The summed E-state index contributed by atoms with van der Waals surface area (Å²) < 4.78 is 5.45. The number of hydrogen-bond acceptors (Lipinski definition) is 3. The first-order valence-electron chi connectivity index (χ1n) is 8.76. The summed E-state index contributed by atoms with van der Waals surface area (Å²) in [6.45, 7) is 4.78. The molecule has 25 heavy (non-hydrogen) atoms. The third kappa shape index (κ3) is 3.98. The van der Waals surface area contributed by atoms with E-state index < -0.39 is 16.8 Å². The summed E-state index contributed by atoms with van der Waals surface area (Å²) in [7, 11) is 0. The quantitative estimate of drug-likeness (QED) is 0.774. The monoisotopic (exact) mass is 367 g/mol. The molecule has 2 rings (SSSR count). The van der Waals surface area contributed by atoms with Crippen LogP contribution in [-0.4, -0.2) is 36.7 Å². The van der Waals surface area contributed by atoms with Crippen LogP contribution in [0.2, 0.25) is 5.02 Å². The number of carbonyl (C=O) groups is 2. The summed E-state index contributed by atoms with van der Waals surface area (Å²) in [6, 6.07) is 7.33. The second kappa shape index (κ2) is 8.19. The van der Waals surface area contributed by atoms with Gasteiger partial charge in [-0.2, -0.15) is 0 Å². The number of hydrogen-bond donors (Lipinski definition) is 2. The molecular formula is C19H26ClNO4. The summed E-state index contributed by atoms with van der Waals surface area (Å²) >= 11 is 6.13. The summed E-state index contributed by atoms with van der Waals surface area (Å²) in [5, 5.41) is 13.1. The molecule has 1 amide bonds. The van der Waals surface area contributed by atoms with Crippen molar-refractivity contribution in [3.05, 3.63) is 34.9 Å². The highest BCUT2D eigenvalue weighted by molar-refractivity contribution is 6.30. The maximum Gasteiger partial charge on any atom is 0.311 e. The van der Waals surface area contributed by atoms with Crippen LogP contribution in [0.5, 0.6) is 0 Å². The molecule has 0 radical (unpaired) electrons. The zero-order chi connectivity index (χ0) is 18.5. The van der Waals surface area contributed by atoms with E-state index in [0.29, 0.717) is 43.9 Å². The van der Waals surface area contributed by atoms with E-state index in [1.54, 1.807) is 6.07 Å². The number of carboxylic acids is 1. The van der Waals surface area contributed by atoms with Crippen molar-refractivity contribution in [3.8, 4) is 0 Å². The molecule has 0 aliphatic carbocycles. The van der Waals surface area contributed by atoms with Crippen LogP contribution in [-0.2, 0) is 19.7 Å². The Hall–Kier alpha value is -1.59. The summed E-state index contributed by atoms with van der Waals surface area (Å²) in [6.07, 6.45) is 2.04. The van der Waals surface area contributed by atoms with E-state index in [0.717, 1.165) is 5.56 Å². The van der Waals surface area contributed by atoms with Crippen LogP contribution >= 0.6 is 11.6 Å². The topological polar surface area (TPSA) is 75.6 Å². The van der Waals surface area contributed by atoms with Gasteiger partial charge in [0, 0.05) is 24.8 Å². The van der Waals surface area contributed by atoms with Crippen LogP contribution in [0.3, 0.4) is 0 Å².